The predicted molar refractivity (Wildman–Crippen MR) is 99.4 cm³/mol. The van der Waals surface area contributed by atoms with Crippen LogP contribution in [0.5, 0.6) is 0 Å². The Kier molecular flexibility index (Phi) is 4.69. The third-order valence-electron chi connectivity index (χ3n) is 4.57. The van der Waals surface area contributed by atoms with Gasteiger partial charge in [0.25, 0.3) is 5.91 Å². The number of aryl methyl sites for hydroxylation is 1. The summed E-state index contributed by atoms with van der Waals surface area (Å²) in [6.07, 6.45) is 6.51. The summed E-state index contributed by atoms with van der Waals surface area (Å²) in [5.41, 5.74) is 2.26. The van der Waals surface area contributed by atoms with Gasteiger partial charge in [-0.1, -0.05) is 11.6 Å². The van der Waals surface area contributed by atoms with Crippen LogP contribution in [0.4, 0.5) is 0 Å². The maximum Gasteiger partial charge on any atom is 0.273 e. The van der Waals surface area contributed by atoms with Crippen LogP contribution in [0.25, 0.3) is 10.6 Å². The van der Waals surface area contributed by atoms with Crippen LogP contribution in [-0.2, 0) is 0 Å². The molecule has 1 saturated heterocycles. The number of aromatic nitrogens is 5. The van der Waals surface area contributed by atoms with Crippen LogP contribution in [-0.4, -0.2) is 49.0 Å². The molecular formula is C17H17ClN6OS. The van der Waals surface area contributed by atoms with E-state index in [-0.39, 0.29) is 5.91 Å². The Morgan fingerprint density at radius 1 is 1.38 bits per heavy atom. The Labute approximate surface area is 159 Å². The van der Waals surface area contributed by atoms with Crippen molar-refractivity contribution in [2.45, 2.75) is 25.7 Å². The van der Waals surface area contributed by atoms with Crippen LogP contribution in [0.15, 0.2) is 24.8 Å². The molecule has 1 amide bonds. The van der Waals surface area contributed by atoms with Crippen LogP contribution in [0.1, 0.15) is 39.9 Å². The van der Waals surface area contributed by atoms with Gasteiger partial charge in [-0.25, -0.2) is 15.0 Å². The molecule has 0 unspecified atom stereocenters. The summed E-state index contributed by atoms with van der Waals surface area (Å²) in [6.45, 7) is 3.37. The number of hydrogen-bond donors (Lipinski definition) is 1. The van der Waals surface area contributed by atoms with E-state index >= 15 is 0 Å². The summed E-state index contributed by atoms with van der Waals surface area (Å²) in [5, 5.41) is 7.97. The van der Waals surface area contributed by atoms with Crippen molar-refractivity contribution in [1.82, 2.24) is 30.0 Å². The standard InChI is InChI=1S/C17H17ClN6OS/c1-10-15(13-2-5-19-9-20-13)26-16(22-10)11-3-6-24(7-4-11)17(25)14-12(18)8-21-23-14/h2,5,8-9,11H,3-4,6-7H2,1H3,(H,21,23). The van der Waals surface area contributed by atoms with Gasteiger partial charge >= 0.3 is 0 Å². The van der Waals surface area contributed by atoms with Gasteiger partial charge in [0.2, 0.25) is 0 Å². The fraction of sp³-hybridized carbons (Fsp3) is 0.353. The SMILES string of the molecule is Cc1nc(C2CCN(C(=O)c3[nH]ncc3Cl)CC2)sc1-c1ccncn1. The summed E-state index contributed by atoms with van der Waals surface area (Å²) in [6, 6.07) is 1.90. The number of thiazole rings is 1. The van der Waals surface area contributed by atoms with Gasteiger partial charge in [-0.2, -0.15) is 5.10 Å². The number of carbonyl (C=O) groups excluding carboxylic acids is 1. The van der Waals surface area contributed by atoms with Crippen molar-refractivity contribution in [3.05, 3.63) is 46.2 Å². The molecule has 0 bridgehead atoms. The van der Waals surface area contributed by atoms with Gasteiger partial charge in [0, 0.05) is 25.2 Å². The maximum atomic E-state index is 12.5. The van der Waals surface area contributed by atoms with E-state index in [1.165, 1.54) is 6.20 Å². The van der Waals surface area contributed by atoms with Crippen molar-refractivity contribution in [1.29, 1.82) is 0 Å². The first-order chi connectivity index (χ1) is 12.6. The molecule has 4 heterocycles. The lowest BCUT2D eigenvalue weighted by Gasteiger charge is -2.30. The number of aromatic amines is 1. The number of carbonyl (C=O) groups is 1. The lowest BCUT2D eigenvalue weighted by atomic mass is 9.97. The average Bonchev–Trinajstić information content (AvgIpc) is 3.28. The fourth-order valence-electron chi connectivity index (χ4n) is 3.16. The number of H-pyrrole nitrogens is 1. The average molecular weight is 389 g/mol. The van der Waals surface area contributed by atoms with Crippen molar-refractivity contribution < 1.29 is 4.79 Å². The molecule has 0 aliphatic carbocycles. The zero-order valence-corrected chi connectivity index (χ0v) is 15.7. The van der Waals surface area contributed by atoms with Crippen LogP contribution in [0.2, 0.25) is 5.02 Å². The number of nitrogens with zero attached hydrogens (tertiary/aromatic N) is 5. The molecule has 0 radical (unpaired) electrons. The zero-order chi connectivity index (χ0) is 18.1. The molecule has 1 N–H and O–H groups in total. The van der Waals surface area contributed by atoms with Crippen molar-refractivity contribution in [3.8, 4) is 10.6 Å². The Hall–Kier alpha value is -2.32. The van der Waals surface area contributed by atoms with Crippen molar-refractivity contribution in [3.63, 3.8) is 0 Å². The smallest absolute Gasteiger partial charge is 0.273 e. The minimum Gasteiger partial charge on any atom is -0.337 e. The van der Waals surface area contributed by atoms with Crippen LogP contribution >= 0.6 is 22.9 Å². The topological polar surface area (TPSA) is 87.7 Å². The molecular weight excluding hydrogens is 372 g/mol. The first-order valence-electron chi connectivity index (χ1n) is 8.35. The lowest BCUT2D eigenvalue weighted by Crippen LogP contribution is -2.38. The number of nitrogens with one attached hydrogen (secondary N) is 1. The number of likely N-dealkylation sites (tertiary alicyclic amines) is 1. The van der Waals surface area contributed by atoms with Crippen molar-refractivity contribution in [2.24, 2.45) is 0 Å². The molecule has 9 heteroatoms. The summed E-state index contributed by atoms with van der Waals surface area (Å²) in [4.78, 5) is 28.5. The molecule has 7 nitrogen and oxygen atoms in total. The zero-order valence-electron chi connectivity index (χ0n) is 14.1. The van der Waals surface area contributed by atoms with Gasteiger partial charge in [0.05, 0.1) is 32.5 Å². The van der Waals surface area contributed by atoms with Gasteiger partial charge in [0.15, 0.2) is 0 Å². The highest BCUT2D eigenvalue weighted by atomic mass is 35.5. The largest absolute Gasteiger partial charge is 0.337 e. The molecule has 4 rings (SSSR count). The molecule has 1 aliphatic heterocycles. The highest BCUT2D eigenvalue weighted by Gasteiger charge is 2.28. The molecule has 3 aromatic rings. The number of piperidine rings is 1. The number of halogens is 1. The van der Waals surface area contributed by atoms with E-state index in [0.717, 1.165) is 34.1 Å². The predicted octanol–water partition coefficient (Wildman–Crippen LogP) is 3.30. The minimum absolute atomic E-state index is 0.0945. The van der Waals surface area contributed by atoms with Crippen LogP contribution in [0.3, 0.4) is 0 Å². The minimum atomic E-state index is -0.0945. The fourth-order valence-corrected chi connectivity index (χ4v) is 4.55. The van der Waals surface area contributed by atoms with E-state index in [9.17, 15) is 4.79 Å². The number of amides is 1. The highest BCUT2D eigenvalue weighted by Crippen LogP contribution is 2.36. The molecule has 26 heavy (non-hydrogen) atoms. The molecule has 1 fully saturated rings. The van der Waals surface area contributed by atoms with Gasteiger partial charge in [0.1, 0.15) is 12.0 Å². The van der Waals surface area contributed by atoms with Crippen molar-refractivity contribution in [2.75, 3.05) is 13.1 Å². The molecule has 3 aromatic heterocycles. The Morgan fingerprint density at radius 2 is 2.19 bits per heavy atom. The Balaban J connectivity index is 1.46. The monoisotopic (exact) mass is 388 g/mol. The number of hydrogen-bond acceptors (Lipinski definition) is 6. The van der Waals surface area contributed by atoms with Gasteiger partial charge < -0.3 is 4.90 Å². The van der Waals surface area contributed by atoms with E-state index < -0.39 is 0 Å². The van der Waals surface area contributed by atoms with E-state index in [2.05, 4.69) is 20.2 Å². The van der Waals surface area contributed by atoms with E-state index in [0.29, 0.717) is 29.7 Å². The summed E-state index contributed by atoms with van der Waals surface area (Å²) in [7, 11) is 0. The second kappa shape index (κ2) is 7.13. The van der Waals surface area contributed by atoms with E-state index in [4.69, 9.17) is 16.6 Å². The number of rotatable bonds is 3. The molecule has 0 saturated carbocycles. The summed E-state index contributed by atoms with van der Waals surface area (Å²) < 4.78 is 0. The summed E-state index contributed by atoms with van der Waals surface area (Å²) in [5.74, 6) is 0.263. The third kappa shape index (κ3) is 3.22. The quantitative estimate of drug-likeness (QED) is 0.743. The highest BCUT2D eigenvalue weighted by molar-refractivity contribution is 7.15. The van der Waals surface area contributed by atoms with Crippen molar-refractivity contribution >= 4 is 28.8 Å². The van der Waals surface area contributed by atoms with Crippen LogP contribution in [0, 0.1) is 6.92 Å². The van der Waals surface area contributed by atoms with Gasteiger partial charge in [-0.3, -0.25) is 9.89 Å². The second-order valence-electron chi connectivity index (χ2n) is 6.22. The third-order valence-corrected chi connectivity index (χ3v) is 6.20. The molecule has 134 valence electrons. The first kappa shape index (κ1) is 17.1. The Morgan fingerprint density at radius 3 is 2.85 bits per heavy atom. The maximum absolute atomic E-state index is 12.5. The molecule has 1 aliphatic rings. The van der Waals surface area contributed by atoms with Crippen LogP contribution < -0.4 is 0 Å². The van der Waals surface area contributed by atoms with Gasteiger partial charge in [-0.05, 0) is 25.8 Å². The van der Waals surface area contributed by atoms with Gasteiger partial charge in [-0.15, -0.1) is 11.3 Å². The molecule has 0 spiro atoms. The molecule has 0 aromatic carbocycles. The van der Waals surface area contributed by atoms with E-state index in [1.54, 1.807) is 23.9 Å². The summed E-state index contributed by atoms with van der Waals surface area (Å²) >= 11 is 7.68. The molecule has 0 atom stereocenters. The first-order valence-corrected chi connectivity index (χ1v) is 9.54. The Bertz CT molecular complexity index is 916. The van der Waals surface area contributed by atoms with E-state index in [1.807, 2.05) is 17.9 Å². The lowest BCUT2D eigenvalue weighted by molar-refractivity contribution is 0.0707. The second-order valence-corrected chi connectivity index (χ2v) is 7.66. The normalized spacial score (nSPS) is 15.4.